The molecule has 0 aliphatic heterocycles. The topological polar surface area (TPSA) is 58.3 Å². The molecule has 148 valence electrons. The van der Waals surface area contributed by atoms with E-state index in [4.69, 9.17) is 0 Å². The van der Waals surface area contributed by atoms with E-state index in [2.05, 4.69) is 18.1 Å². The largest absolute Gasteiger partial charge is 0.396 e. The number of rotatable bonds is 5. The van der Waals surface area contributed by atoms with E-state index in [9.17, 15) is 14.6 Å². The maximum Gasteiger partial charge on any atom is 0.123 e. The number of fused-ring (bicyclic) bond motifs is 2. The maximum absolute atomic E-state index is 13.3. The molecule has 2 N–H and O–H groups in total. The van der Waals surface area contributed by atoms with Gasteiger partial charge in [0.1, 0.15) is 5.82 Å². The van der Waals surface area contributed by atoms with Crippen molar-refractivity contribution in [1.29, 1.82) is 0 Å². The second-order valence-electron chi connectivity index (χ2n) is 9.17. The first-order chi connectivity index (χ1) is 13.5. The smallest absolute Gasteiger partial charge is 0.123 e. The molecule has 2 saturated carbocycles. The van der Waals surface area contributed by atoms with Gasteiger partial charge < -0.3 is 10.2 Å². The van der Waals surface area contributed by atoms with E-state index in [0.29, 0.717) is 12.3 Å². The summed E-state index contributed by atoms with van der Waals surface area (Å²) in [6.45, 7) is 2.35. The molecule has 1 unspecified atom stereocenters. The summed E-state index contributed by atoms with van der Waals surface area (Å²) >= 11 is 0. The highest BCUT2D eigenvalue weighted by molar-refractivity contribution is 5.62. The summed E-state index contributed by atoms with van der Waals surface area (Å²) in [4.78, 5) is 0. The molecular weight excluding hydrogens is 355 g/mol. The first-order valence-electron chi connectivity index (χ1n) is 10.3. The van der Waals surface area contributed by atoms with Crippen molar-refractivity contribution >= 4 is 6.08 Å². The van der Waals surface area contributed by atoms with Crippen LogP contribution in [0, 0.1) is 22.6 Å². The van der Waals surface area contributed by atoms with Crippen LogP contribution < -0.4 is 0 Å². The summed E-state index contributed by atoms with van der Waals surface area (Å²) in [5, 5.41) is 25.6. The fourth-order valence-electron chi connectivity index (χ4n) is 5.51. The van der Waals surface area contributed by atoms with Gasteiger partial charge in [-0.05, 0) is 80.3 Å². The number of aliphatic hydroxyl groups excluding tert-OH is 2. The van der Waals surface area contributed by atoms with Crippen molar-refractivity contribution in [3.05, 3.63) is 53.1 Å². The van der Waals surface area contributed by atoms with Gasteiger partial charge in [0, 0.05) is 17.4 Å². The van der Waals surface area contributed by atoms with Gasteiger partial charge in [0.05, 0.1) is 23.7 Å². The fourth-order valence-corrected chi connectivity index (χ4v) is 5.51. The van der Waals surface area contributed by atoms with Crippen LogP contribution >= 0.6 is 0 Å². The molecule has 0 bridgehead atoms. The third kappa shape index (κ3) is 2.60. The molecule has 0 saturated heterocycles. The molecule has 2 aromatic rings. The van der Waals surface area contributed by atoms with Crippen molar-refractivity contribution in [2.45, 2.75) is 51.6 Å². The van der Waals surface area contributed by atoms with Gasteiger partial charge in [-0.2, -0.15) is 5.10 Å². The third-order valence-electron chi connectivity index (χ3n) is 7.63. The zero-order valence-electron chi connectivity index (χ0n) is 16.2. The van der Waals surface area contributed by atoms with Crippen LogP contribution in [0.3, 0.4) is 0 Å². The monoisotopic (exact) mass is 382 g/mol. The fraction of sp³-hybridized carbons (Fsp3) is 0.522. The Kier molecular flexibility index (Phi) is 4.04. The van der Waals surface area contributed by atoms with Crippen LogP contribution in [0.2, 0.25) is 0 Å². The van der Waals surface area contributed by atoms with Crippen molar-refractivity contribution in [2.24, 2.45) is 16.7 Å². The first-order valence-corrected chi connectivity index (χ1v) is 10.3. The number of allylic oxidation sites excluding steroid dienone is 1. The number of benzene rings is 1. The lowest BCUT2D eigenvalue weighted by Crippen LogP contribution is -2.44. The summed E-state index contributed by atoms with van der Waals surface area (Å²) in [7, 11) is 0. The highest BCUT2D eigenvalue weighted by Crippen LogP contribution is 2.62. The number of hydrogen-bond donors (Lipinski definition) is 2. The predicted molar refractivity (Wildman–Crippen MR) is 105 cm³/mol. The van der Waals surface area contributed by atoms with Crippen LogP contribution in [0.15, 0.2) is 36.0 Å². The lowest BCUT2D eigenvalue weighted by molar-refractivity contribution is -0.0188. The Morgan fingerprint density at radius 2 is 2.04 bits per heavy atom. The molecule has 3 aliphatic rings. The maximum atomic E-state index is 13.3. The second-order valence-corrected chi connectivity index (χ2v) is 9.17. The number of hydrogen-bond acceptors (Lipinski definition) is 3. The lowest BCUT2D eigenvalue weighted by atomic mass is 9.59. The molecule has 1 aromatic heterocycles. The molecular formula is C23H27FN2O2. The predicted octanol–water partition coefficient (Wildman–Crippen LogP) is 3.89. The Balaban J connectivity index is 1.51. The highest BCUT2D eigenvalue weighted by atomic mass is 19.1. The molecule has 1 aromatic carbocycles. The van der Waals surface area contributed by atoms with E-state index >= 15 is 0 Å². The third-order valence-corrected chi connectivity index (χ3v) is 7.63. The van der Waals surface area contributed by atoms with E-state index in [1.54, 1.807) is 12.1 Å². The second kappa shape index (κ2) is 6.26. The number of aliphatic hydroxyl groups is 2. The number of nitrogens with zero attached hydrogens (tertiary/aromatic N) is 2. The van der Waals surface area contributed by atoms with Gasteiger partial charge in [-0.25, -0.2) is 9.07 Å². The summed E-state index contributed by atoms with van der Waals surface area (Å²) in [5.41, 5.74) is 3.93. The van der Waals surface area contributed by atoms with E-state index in [1.165, 1.54) is 17.7 Å². The van der Waals surface area contributed by atoms with Crippen LogP contribution in [-0.4, -0.2) is 32.7 Å². The molecule has 5 rings (SSSR count). The molecule has 0 amide bonds. The Hall–Kier alpha value is -1.98. The van der Waals surface area contributed by atoms with E-state index in [1.807, 2.05) is 10.9 Å². The molecule has 5 heteroatoms. The van der Waals surface area contributed by atoms with Gasteiger partial charge >= 0.3 is 0 Å². The average Bonchev–Trinajstić information content (AvgIpc) is 3.41. The Morgan fingerprint density at radius 1 is 1.29 bits per heavy atom. The van der Waals surface area contributed by atoms with Gasteiger partial charge in [0.15, 0.2) is 0 Å². The van der Waals surface area contributed by atoms with Gasteiger partial charge in [-0.1, -0.05) is 12.5 Å². The van der Waals surface area contributed by atoms with E-state index < -0.39 is 0 Å². The normalized spacial score (nSPS) is 29.9. The quantitative estimate of drug-likeness (QED) is 0.825. The molecule has 3 aliphatic carbocycles. The molecule has 3 atom stereocenters. The summed E-state index contributed by atoms with van der Waals surface area (Å²) < 4.78 is 15.2. The van der Waals surface area contributed by atoms with E-state index in [-0.39, 0.29) is 29.4 Å². The first kappa shape index (κ1) is 18.1. The minimum atomic E-state index is -0.313. The van der Waals surface area contributed by atoms with Gasteiger partial charge in [-0.15, -0.1) is 0 Å². The van der Waals surface area contributed by atoms with Gasteiger partial charge in [0.25, 0.3) is 0 Å². The molecule has 2 fully saturated rings. The average molecular weight is 382 g/mol. The molecule has 4 nitrogen and oxygen atoms in total. The van der Waals surface area contributed by atoms with Crippen molar-refractivity contribution in [3.8, 4) is 5.69 Å². The van der Waals surface area contributed by atoms with Crippen molar-refractivity contribution in [2.75, 3.05) is 6.61 Å². The van der Waals surface area contributed by atoms with Crippen LogP contribution in [0.1, 0.15) is 50.3 Å². The Labute approximate surface area is 164 Å². The molecule has 1 heterocycles. The minimum absolute atomic E-state index is 0.103. The Morgan fingerprint density at radius 3 is 2.71 bits per heavy atom. The van der Waals surface area contributed by atoms with Gasteiger partial charge in [0.2, 0.25) is 0 Å². The standard InChI is InChI=1S/C23H27FN2O2/c1-22-11-16-13-25-26(19-6-4-18(24)5-7-19)20(16)10-17(22)8-9-23(22,14-27)12-21(28)15-2-3-15/h4-7,10,13,15,21,27-28H,2-3,8-9,11-12,14H2,1H3/t21?,22-,23-/m0/s1. The molecule has 28 heavy (non-hydrogen) atoms. The number of aromatic nitrogens is 2. The molecule has 0 radical (unpaired) electrons. The van der Waals surface area contributed by atoms with Crippen LogP contribution in [0.25, 0.3) is 11.8 Å². The lowest BCUT2D eigenvalue weighted by Gasteiger charge is -2.46. The van der Waals surface area contributed by atoms with Crippen LogP contribution in [0.5, 0.6) is 0 Å². The zero-order valence-corrected chi connectivity index (χ0v) is 16.2. The highest BCUT2D eigenvalue weighted by Gasteiger charge is 2.56. The van der Waals surface area contributed by atoms with Crippen molar-refractivity contribution < 1.29 is 14.6 Å². The summed E-state index contributed by atoms with van der Waals surface area (Å²) in [6, 6.07) is 6.39. The molecule has 0 spiro atoms. The van der Waals surface area contributed by atoms with E-state index in [0.717, 1.165) is 49.0 Å². The van der Waals surface area contributed by atoms with Crippen LogP contribution in [-0.2, 0) is 6.42 Å². The van der Waals surface area contributed by atoms with Crippen molar-refractivity contribution in [1.82, 2.24) is 9.78 Å². The summed E-state index contributed by atoms with van der Waals surface area (Å²) in [5.74, 6) is 0.161. The zero-order chi connectivity index (χ0) is 19.5. The van der Waals surface area contributed by atoms with Gasteiger partial charge in [-0.3, -0.25) is 0 Å². The Bertz CT molecular complexity index is 931. The SMILES string of the molecule is C[C@]12Cc3cnn(-c4ccc(F)cc4)c3C=C1CC[C@@]2(CO)CC(O)C1CC1. The van der Waals surface area contributed by atoms with Crippen LogP contribution in [0.4, 0.5) is 4.39 Å². The number of halogens is 1. The summed E-state index contributed by atoms with van der Waals surface area (Å²) in [6.07, 6.45) is 9.34. The minimum Gasteiger partial charge on any atom is -0.396 e. The van der Waals surface area contributed by atoms with Crippen molar-refractivity contribution in [3.63, 3.8) is 0 Å².